The van der Waals surface area contributed by atoms with Crippen molar-refractivity contribution in [1.82, 2.24) is 9.88 Å². The summed E-state index contributed by atoms with van der Waals surface area (Å²) in [5.41, 5.74) is 6.64. The molecular formula is C26H26F2N6O5. The number of ether oxygens (including phenoxy) is 2. The summed E-state index contributed by atoms with van der Waals surface area (Å²) in [7, 11) is 3.42. The summed E-state index contributed by atoms with van der Waals surface area (Å²) in [6.07, 6.45) is 1.84. The Bertz CT molecular complexity index is 1470. The number of pyridine rings is 1. The van der Waals surface area contributed by atoms with E-state index in [2.05, 4.69) is 9.98 Å². The van der Waals surface area contributed by atoms with Gasteiger partial charge in [-0.3, -0.25) is 15.3 Å². The van der Waals surface area contributed by atoms with E-state index in [1.54, 1.807) is 32.4 Å². The molecule has 1 aliphatic heterocycles. The molecule has 1 aliphatic rings. The number of nitrogen functional groups attached to an aromatic ring is 1. The first-order valence-corrected chi connectivity index (χ1v) is 11.7. The number of carboxylic acid groups (broad SMARTS) is 1. The highest BCUT2D eigenvalue weighted by Crippen LogP contribution is 2.41. The standard InChI is InChI=1S/C26H26F2N6O5/c1-13(26(36)37)34(3)15-5-7-19(16(11-15)24-31-8-9-33(24)2)38-22-17(27)12-32-25(21(22)28)39-20-10-14(23(29)30)4-6-18(20)35/h4-8,10-13,24,35H,9H2,1-3H3,(H3,29,30)(H,36,37). The zero-order valence-electron chi connectivity index (χ0n) is 21.2. The highest BCUT2D eigenvalue weighted by molar-refractivity contribution is 5.95. The van der Waals surface area contributed by atoms with E-state index in [1.165, 1.54) is 36.1 Å². The first-order valence-electron chi connectivity index (χ1n) is 11.7. The van der Waals surface area contributed by atoms with Crippen LogP contribution in [0.15, 0.2) is 47.6 Å². The molecule has 11 nitrogen and oxygen atoms in total. The van der Waals surface area contributed by atoms with E-state index >= 15 is 4.39 Å². The van der Waals surface area contributed by atoms with Gasteiger partial charge in [-0.15, -0.1) is 0 Å². The molecule has 1 aromatic heterocycles. The van der Waals surface area contributed by atoms with Gasteiger partial charge in [0.15, 0.2) is 17.3 Å². The first kappa shape index (κ1) is 27.3. The number of nitrogens with zero attached hydrogens (tertiary/aromatic N) is 4. The van der Waals surface area contributed by atoms with E-state index < -0.39 is 41.4 Å². The Hall–Kier alpha value is -4.78. The van der Waals surface area contributed by atoms with Gasteiger partial charge in [0.2, 0.25) is 11.6 Å². The molecule has 0 radical (unpaired) electrons. The maximum absolute atomic E-state index is 15.5. The molecule has 0 amide bonds. The normalized spacial score (nSPS) is 15.7. The fourth-order valence-corrected chi connectivity index (χ4v) is 3.82. The summed E-state index contributed by atoms with van der Waals surface area (Å²) >= 11 is 0. The number of hydrogen-bond acceptors (Lipinski definition) is 9. The maximum atomic E-state index is 15.5. The number of anilines is 1. The summed E-state index contributed by atoms with van der Waals surface area (Å²) < 4.78 is 41.4. The van der Waals surface area contributed by atoms with Crippen LogP contribution in [0.2, 0.25) is 0 Å². The minimum Gasteiger partial charge on any atom is -0.504 e. The van der Waals surface area contributed by atoms with Crippen LogP contribution in [0.5, 0.6) is 28.9 Å². The summed E-state index contributed by atoms with van der Waals surface area (Å²) in [6.45, 7) is 2.05. The number of carboxylic acids is 1. The molecule has 2 heterocycles. The zero-order chi connectivity index (χ0) is 28.4. The van der Waals surface area contributed by atoms with E-state index in [1.807, 2.05) is 4.90 Å². The lowest BCUT2D eigenvalue weighted by atomic mass is 10.1. The summed E-state index contributed by atoms with van der Waals surface area (Å²) in [5.74, 6) is -5.79. The Labute approximate surface area is 222 Å². The molecule has 0 spiro atoms. The van der Waals surface area contributed by atoms with Crippen LogP contribution in [0.3, 0.4) is 0 Å². The smallest absolute Gasteiger partial charge is 0.326 e. The number of aliphatic carboxylic acids is 1. The van der Waals surface area contributed by atoms with Gasteiger partial charge in [-0.25, -0.2) is 14.2 Å². The van der Waals surface area contributed by atoms with Crippen molar-refractivity contribution >= 4 is 23.7 Å². The van der Waals surface area contributed by atoms with Gasteiger partial charge in [0, 0.05) is 36.6 Å². The lowest BCUT2D eigenvalue weighted by Crippen LogP contribution is -2.35. The number of phenols is 1. The fourth-order valence-electron chi connectivity index (χ4n) is 3.82. The molecule has 5 N–H and O–H groups in total. The molecule has 0 aliphatic carbocycles. The molecule has 2 unspecified atom stereocenters. The van der Waals surface area contributed by atoms with E-state index in [4.69, 9.17) is 20.6 Å². The molecular weight excluding hydrogens is 514 g/mol. The minimum atomic E-state index is -1.28. The Balaban J connectivity index is 1.73. The van der Waals surface area contributed by atoms with E-state index in [9.17, 15) is 19.4 Å². The largest absolute Gasteiger partial charge is 0.504 e. The fraction of sp³-hybridized carbons (Fsp3) is 0.231. The second-order valence-electron chi connectivity index (χ2n) is 8.85. The number of amidine groups is 1. The third-order valence-corrected chi connectivity index (χ3v) is 6.24. The van der Waals surface area contributed by atoms with Crippen molar-refractivity contribution in [3.8, 4) is 28.9 Å². The molecule has 2 aromatic carbocycles. The van der Waals surface area contributed by atoms with E-state index in [0.717, 1.165) is 0 Å². The Kier molecular flexibility index (Phi) is 7.63. The monoisotopic (exact) mass is 540 g/mol. The van der Waals surface area contributed by atoms with Crippen LogP contribution in [-0.2, 0) is 4.79 Å². The van der Waals surface area contributed by atoms with Gasteiger partial charge >= 0.3 is 5.97 Å². The molecule has 4 rings (SSSR count). The number of nitrogens with two attached hydrogens (primary N) is 1. The number of aliphatic imine (C=N–C) groups is 1. The minimum absolute atomic E-state index is 0.0717. The van der Waals surface area contributed by atoms with Gasteiger partial charge in [0.05, 0.1) is 6.20 Å². The molecule has 0 fully saturated rings. The third kappa shape index (κ3) is 5.57. The summed E-state index contributed by atoms with van der Waals surface area (Å²) in [6, 6.07) is 7.63. The molecule has 204 valence electrons. The predicted molar refractivity (Wildman–Crippen MR) is 139 cm³/mol. The molecule has 39 heavy (non-hydrogen) atoms. The van der Waals surface area contributed by atoms with Gasteiger partial charge in [0.1, 0.15) is 23.8 Å². The lowest BCUT2D eigenvalue weighted by molar-refractivity contribution is -0.138. The van der Waals surface area contributed by atoms with Crippen LogP contribution < -0.4 is 20.1 Å². The van der Waals surface area contributed by atoms with Crippen LogP contribution in [0.25, 0.3) is 0 Å². The lowest BCUT2D eigenvalue weighted by Gasteiger charge is -2.27. The van der Waals surface area contributed by atoms with Crippen molar-refractivity contribution in [2.45, 2.75) is 19.1 Å². The second-order valence-corrected chi connectivity index (χ2v) is 8.85. The molecule has 13 heteroatoms. The van der Waals surface area contributed by atoms with Crippen molar-refractivity contribution in [2.24, 2.45) is 10.7 Å². The number of nitrogens with one attached hydrogen (secondary N) is 1. The second kappa shape index (κ2) is 10.9. The van der Waals surface area contributed by atoms with Gasteiger partial charge in [-0.05, 0) is 50.4 Å². The third-order valence-electron chi connectivity index (χ3n) is 6.24. The molecule has 2 atom stereocenters. The number of likely N-dealkylation sites (N-methyl/N-ethyl adjacent to an activating group) is 1. The molecule has 0 saturated carbocycles. The molecule has 0 bridgehead atoms. The average Bonchev–Trinajstić information content (AvgIpc) is 3.33. The van der Waals surface area contributed by atoms with E-state index in [0.29, 0.717) is 24.0 Å². The predicted octanol–water partition coefficient (Wildman–Crippen LogP) is 3.86. The number of aromatic hydroxyl groups is 1. The number of benzene rings is 2. The van der Waals surface area contributed by atoms with E-state index in [-0.39, 0.29) is 28.6 Å². The van der Waals surface area contributed by atoms with Crippen molar-refractivity contribution in [1.29, 1.82) is 5.41 Å². The zero-order valence-corrected chi connectivity index (χ0v) is 21.2. The van der Waals surface area contributed by atoms with Gasteiger partial charge in [-0.2, -0.15) is 4.39 Å². The summed E-state index contributed by atoms with van der Waals surface area (Å²) in [5, 5.41) is 27.0. The number of carbonyl (C=O) groups is 1. The topological polar surface area (TPSA) is 158 Å². The van der Waals surface area contributed by atoms with Crippen LogP contribution in [0.1, 0.15) is 24.2 Å². The highest BCUT2D eigenvalue weighted by atomic mass is 19.1. The number of rotatable bonds is 9. The molecule has 3 aromatic rings. The Morgan fingerprint density at radius 3 is 2.62 bits per heavy atom. The quantitative estimate of drug-likeness (QED) is 0.234. The Morgan fingerprint density at radius 1 is 1.23 bits per heavy atom. The number of halogens is 2. The highest BCUT2D eigenvalue weighted by Gasteiger charge is 2.28. The average molecular weight is 541 g/mol. The van der Waals surface area contributed by atoms with Crippen LogP contribution in [-0.4, -0.2) is 64.8 Å². The molecule has 0 saturated heterocycles. The number of phenolic OH excluding ortho intramolecular Hbond substituents is 1. The van der Waals surface area contributed by atoms with Crippen molar-refractivity contribution in [3.63, 3.8) is 0 Å². The van der Waals surface area contributed by atoms with Gasteiger partial charge < -0.3 is 30.3 Å². The van der Waals surface area contributed by atoms with Crippen LogP contribution in [0, 0.1) is 17.0 Å². The van der Waals surface area contributed by atoms with Crippen molar-refractivity contribution < 1.29 is 33.3 Å². The van der Waals surface area contributed by atoms with Gasteiger partial charge in [0.25, 0.3) is 5.88 Å². The summed E-state index contributed by atoms with van der Waals surface area (Å²) in [4.78, 5) is 23.0. The van der Waals surface area contributed by atoms with Crippen LogP contribution in [0.4, 0.5) is 14.5 Å². The first-order chi connectivity index (χ1) is 18.5. The SMILES string of the molecule is CC(C(=O)O)N(C)c1ccc(Oc2c(F)cnc(Oc3cc(C(=N)N)ccc3O)c2F)c(C2N=CCN2C)c1. The number of hydrogen-bond donors (Lipinski definition) is 4. The van der Waals surface area contributed by atoms with Crippen LogP contribution >= 0.6 is 0 Å². The van der Waals surface area contributed by atoms with Crippen molar-refractivity contribution in [2.75, 3.05) is 25.5 Å². The van der Waals surface area contributed by atoms with Crippen molar-refractivity contribution in [3.05, 3.63) is 65.4 Å². The number of aromatic nitrogens is 1. The van der Waals surface area contributed by atoms with Gasteiger partial charge in [-0.1, -0.05) is 0 Å². The Morgan fingerprint density at radius 2 is 1.97 bits per heavy atom. The maximum Gasteiger partial charge on any atom is 0.326 e.